The van der Waals surface area contributed by atoms with Gasteiger partial charge in [-0.1, -0.05) is 34.8 Å². The molecule has 0 N–H and O–H groups in total. The van der Waals surface area contributed by atoms with Crippen molar-refractivity contribution in [1.82, 2.24) is 4.79 Å². The van der Waals surface area contributed by atoms with Crippen molar-refractivity contribution >= 4 is 0 Å². The van der Waals surface area contributed by atoms with Crippen molar-refractivity contribution in [3.8, 4) is 11.1 Å². The summed E-state index contributed by atoms with van der Waals surface area (Å²) in [5.74, 6) is 0. The van der Waals surface area contributed by atoms with Crippen LogP contribution in [0.5, 0.6) is 0 Å². The zero-order chi connectivity index (χ0) is 10.8. The van der Waals surface area contributed by atoms with Crippen LogP contribution >= 0.6 is 0 Å². The maximum atomic E-state index is 13.2. The van der Waals surface area contributed by atoms with Crippen LogP contribution in [0, 0.1) is 6.92 Å². The summed E-state index contributed by atoms with van der Waals surface area (Å²) in [7, 11) is 0. The van der Waals surface area contributed by atoms with Crippen LogP contribution in [0.1, 0.15) is 5.69 Å². The van der Waals surface area contributed by atoms with Crippen molar-refractivity contribution in [1.29, 1.82) is 0 Å². The SMILES string of the molecule is Cc1c(-c2ccccc2)c(=O)ccn1F. The standard InChI is InChI=1S/C12H10FNO/c1-9-12(10-5-3-2-4-6-10)11(15)7-8-14(9)13/h2-8H,1H3. The molecule has 2 nitrogen and oxygen atoms in total. The van der Waals surface area contributed by atoms with Crippen LogP contribution in [0.4, 0.5) is 4.48 Å². The smallest absolute Gasteiger partial charge is 0.189 e. The number of rotatable bonds is 1. The van der Waals surface area contributed by atoms with Gasteiger partial charge in [0.2, 0.25) is 0 Å². The van der Waals surface area contributed by atoms with Crippen LogP contribution in [0.2, 0.25) is 0 Å². The number of nitrogens with zero attached hydrogens (tertiary/aromatic N) is 1. The largest absolute Gasteiger partial charge is 0.289 e. The topological polar surface area (TPSA) is 22.0 Å². The van der Waals surface area contributed by atoms with Gasteiger partial charge in [-0.05, 0) is 12.5 Å². The fourth-order valence-corrected chi connectivity index (χ4v) is 1.57. The van der Waals surface area contributed by atoms with Gasteiger partial charge in [0.1, 0.15) is 0 Å². The molecule has 0 aliphatic heterocycles. The molecule has 0 atom stereocenters. The van der Waals surface area contributed by atoms with Crippen molar-refractivity contribution in [2.75, 3.05) is 0 Å². The highest BCUT2D eigenvalue weighted by Crippen LogP contribution is 2.18. The molecule has 0 unspecified atom stereocenters. The molecule has 0 aliphatic rings. The Hall–Kier alpha value is -1.90. The Bertz CT molecular complexity index is 531. The molecule has 15 heavy (non-hydrogen) atoms. The van der Waals surface area contributed by atoms with Gasteiger partial charge < -0.3 is 0 Å². The minimum Gasteiger partial charge on any atom is -0.289 e. The Morgan fingerprint density at radius 1 is 1.13 bits per heavy atom. The van der Waals surface area contributed by atoms with Gasteiger partial charge in [0, 0.05) is 12.3 Å². The van der Waals surface area contributed by atoms with E-state index in [1.807, 2.05) is 18.2 Å². The third-order valence-corrected chi connectivity index (χ3v) is 2.35. The molecule has 1 heterocycles. The van der Waals surface area contributed by atoms with E-state index in [1.54, 1.807) is 19.1 Å². The molecule has 0 aliphatic carbocycles. The lowest BCUT2D eigenvalue weighted by Crippen LogP contribution is -2.09. The van der Waals surface area contributed by atoms with Gasteiger partial charge in [-0.3, -0.25) is 4.79 Å². The van der Waals surface area contributed by atoms with Crippen LogP contribution in [-0.4, -0.2) is 4.79 Å². The molecular formula is C12H10FNO. The lowest BCUT2D eigenvalue weighted by Gasteiger charge is -2.06. The fraction of sp³-hybridized carbons (Fsp3) is 0.0833. The van der Waals surface area contributed by atoms with E-state index in [4.69, 9.17) is 0 Å². The number of halogens is 1. The second kappa shape index (κ2) is 3.69. The van der Waals surface area contributed by atoms with Gasteiger partial charge in [0.15, 0.2) is 5.43 Å². The summed E-state index contributed by atoms with van der Waals surface area (Å²) < 4.78 is 13.2. The first-order valence-electron chi connectivity index (χ1n) is 4.64. The highest BCUT2D eigenvalue weighted by molar-refractivity contribution is 5.65. The molecule has 76 valence electrons. The Labute approximate surface area is 86.5 Å². The van der Waals surface area contributed by atoms with Crippen molar-refractivity contribution in [2.45, 2.75) is 6.92 Å². The zero-order valence-corrected chi connectivity index (χ0v) is 8.27. The Balaban J connectivity index is 2.73. The molecule has 1 aromatic heterocycles. The Morgan fingerprint density at radius 2 is 1.80 bits per heavy atom. The number of benzene rings is 1. The molecule has 3 heteroatoms. The van der Waals surface area contributed by atoms with E-state index >= 15 is 0 Å². The van der Waals surface area contributed by atoms with Gasteiger partial charge in [0.05, 0.1) is 11.3 Å². The average Bonchev–Trinajstić information content (AvgIpc) is 2.26. The summed E-state index contributed by atoms with van der Waals surface area (Å²) in [6, 6.07) is 10.3. The summed E-state index contributed by atoms with van der Waals surface area (Å²) in [5.41, 5.74) is 1.33. The summed E-state index contributed by atoms with van der Waals surface area (Å²) >= 11 is 0. The summed E-state index contributed by atoms with van der Waals surface area (Å²) in [6.07, 6.45) is 1.13. The molecule has 0 saturated heterocycles. The van der Waals surface area contributed by atoms with Crippen molar-refractivity contribution in [3.05, 3.63) is 58.5 Å². The van der Waals surface area contributed by atoms with Gasteiger partial charge >= 0.3 is 0 Å². The quantitative estimate of drug-likeness (QED) is 0.698. The van der Waals surface area contributed by atoms with Crippen LogP contribution in [0.3, 0.4) is 0 Å². The van der Waals surface area contributed by atoms with Crippen molar-refractivity contribution in [2.24, 2.45) is 0 Å². The first-order valence-corrected chi connectivity index (χ1v) is 4.64. The number of hydrogen-bond donors (Lipinski definition) is 0. The van der Waals surface area contributed by atoms with E-state index in [-0.39, 0.29) is 5.43 Å². The predicted molar refractivity (Wildman–Crippen MR) is 57.4 cm³/mol. The highest BCUT2D eigenvalue weighted by atomic mass is 19.2. The number of hydrogen-bond acceptors (Lipinski definition) is 1. The third kappa shape index (κ3) is 1.68. The first-order chi connectivity index (χ1) is 7.20. The molecule has 0 saturated carbocycles. The average molecular weight is 203 g/mol. The van der Waals surface area contributed by atoms with Gasteiger partial charge in [-0.25, -0.2) is 0 Å². The second-order valence-corrected chi connectivity index (χ2v) is 3.32. The maximum Gasteiger partial charge on any atom is 0.189 e. The van der Waals surface area contributed by atoms with E-state index in [2.05, 4.69) is 0 Å². The van der Waals surface area contributed by atoms with Crippen molar-refractivity contribution in [3.63, 3.8) is 0 Å². The molecule has 1 aromatic carbocycles. The van der Waals surface area contributed by atoms with E-state index < -0.39 is 0 Å². The summed E-state index contributed by atoms with van der Waals surface area (Å²) in [6.45, 7) is 1.59. The third-order valence-electron chi connectivity index (χ3n) is 2.35. The maximum absolute atomic E-state index is 13.2. The highest BCUT2D eigenvalue weighted by Gasteiger charge is 2.08. The van der Waals surface area contributed by atoms with Gasteiger partial charge in [-0.15, -0.1) is 0 Å². The normalized spacial score (nSPS) is 10.3. The monoisotopic (exact) mass is 203 g/mol. The zero-order valence-electron chi connectivity index (χ0n) is 8.27. The summed E-state index contributed by atoms with van der Waals surface area (Å²) in [4.78, 5) is 12.1. The van der Waals surface area contributed by atoms with E-state index in [0.29, 0.717) is 16.0 Å². The molecule has 0 amide bonds. The predicted octanol–water partition coefficient (Wildman–Crippen LogP) is 2.56. The lowest BCUT2D eigenvalue weighted by molar-refractivity contribution is 0.356. The minimum atomic E-state index is -0.160. The molecule has 0 spiro atoms. The molecule has 2 aromatic rings. The lowest BCUT2D eigenvalue weighted by atomic mass is 10.0. The van der Waals surface area contributed by atoms with Gasteiger partial charge in [0.25, 0.3) is 0 Å². The molecule has 0 bridgehead atoms. The van der Waals surface area contributed by atoms with Crippen molar-refractivity contribution < 1.29 is 4.48 Å². The second-order valence-electron chi connectivity index (χ2n) is 3.32. The minimum absolute atomic E-state index is 0.160. The number of pyridine rings is 1. The van der Waals surface area contributed by atoms with Crippen LogP contribution in [0.25, 0.3) is 11.1 Å². The molecule has 2 rings (SSSR count). The summed E-state index contributed by atoms with van der Waals surface area (Å²) in [5, 5.41) is 0. The van der Waals surface area contributed by atoms with E-state index in [9.17, 15) is 9.28 Å². The molecule has 0 fully saturated rings. The van der Waals surface area contributed by atoms with E-state index in [1.165, 1.54) is 6.07 Å². The van der Waals surface area contributed by atoms with Gasteiger partial charge in [-0.2, -0.15) is 4.79 Å². The Morgan fingerprint density at radius 3 is 2.47 bits per heavy atom. The number of aromatic nitrogens is 1. The molecular weight excluding hydrogens is 193 g/mol. The fourth-order valence-electron chi connectivity index (χ4n) is 1.57. The van der Waals surface area contributed by atoms with E-state index in [0.717, 1.165) is 11.8 Å². The molecule has 0 radical (unpaired) electrons. The van der Waals surface area contributed by atoms with Crippen LogP contribution in [-0.2, 0) is 0 Å². The van der Waals surface area contributed by atoms with Crippen LogP contribution < -0.4 is 5.43 Å². The first kappa shape index (κ1) is 9.65. The van der Waals surface area contributed by atoms with Crippen LogP contribution in [0.15, 0.2) is 47.4 Å². The Kier molecular flexibility index (Phi) is 2.37.